The second-order valence-electron chi connectivity index (χ2n) is 6.72. The molecule has 1 nitrogen and oxygen atoms in total. The van der Waals surface area contributed by atoms with Crippen molar-refractivity contribution in [2.75, 3.05) is 0 Å². The number of allylic oxidation sites excluding steroid dienone is 1. The molecule has 0 fully saturated rings. The highest BCUT2D eigenvalue weighted by atomic mass is 16.3. The van der Waals surface area contributed by atoms with Crippen molar-refractivity contribution in [1.29, 1.82) is 0 Å². The first-order valence-electron chi connectivity index (χ1n) is 8.29. The number of aliphatic hydroxyl groups is 1. The van der Waals surface area contributed by atoms with E-state index in [0.29, 0.717) is 0 Å². The van der Waals surface area contributed by atoms with Crippen LogP contribution in [0.4, 0.5) is 0 Å². The molecule has 0 saturated heterocycles. The first-order valence-corrected chi connectivity index (χ1v) is 8.29. The molecule has 0 aromatic heterocycles. The van der Waals surface area contributed by atoms with E-state index in [-0.39, 0.29) is 11.5 Å². The first kappa shape index (κ1) is 13.8. The summed E-state index contributed by atoms with van der Waals surface area (Å²) in [5.74, 6) is 0. The summed E-state index contributed by atoms with van der Waals surface area (Å²) in [6, 6.07) is 19.0. The van der Waals surface area contributed by atoms with E-state index in [1.165, 1.54) is 23.1 Å². The lowest BCUT2D eigenvalue weighted by Gasteiger charge is -2.35. The average Bonchev–Trinajstić information content (AvgIpc) is 3.17. The minimum atomic E-state index is -0.381. The summed E-state index contributed by atoms with van der Waals surface area (Å²) in [6.45, 7) is 0. The number of hydrogen-bond acceptors (Lipinski definition) is 1. The van der Waals surface area contributed by atoms with Gasteiger partial charge in [-0.2, -0.15) is 0 Å². The zero-order chi connectivity index (χ0) is 15.0. The largest absolute Gasteiger partial charge is 0.387 e. The maximum atomic E-state index is 11.2. The summed E-state index contributed by atoms with van der Waals surface area (Å²) >= 11 is 0. The highest BCUT2D eigenvalue weighted by Gasteiger charge is 2.47. The summed E-state index contributed by atoms with van der Waals surface area (Å²) in [5, 5.41) is 11.2. The van der Waals surface area contributed by atoms with Gasteiger partial charge in [0.25, 0.3) is 0 Å². The molecular formula is C21H22O. The highest BCUT2D eigenvalue weighted by Crippen LogP contribution is 2.54. The summed E-state index contributed by atoms with van der Waals surface area (Å²) < 4.78 is 0. The fourth-order valence-electron chi connectivity index (χ4n) is 4.34. The minimum Gasteiger partial charge on any atom is -0.387 e. The van der Waals surface area contributed by atoms with Gasteiger partial charge in [0.2, 0.25) is 0 Å². The predicted octanol–water partition coefficient (Wildman–Crippen LogP) is 4.62. The van der Waals surface area contributed by atoms with Gasteiger partial charge in [0.05, 0.1) is 6.10 Å². The SMILES string of the molecule is OC1c2ccccc2CC1(Cc1ccccc1)C1=CCCC1. The molecule has 112 valence electrons. The van der Waals surface area contributed by atoms with Crippen molar-refractivity contribution in [2.24, 2.45) is 5.41 Å². The van der Waals surface area contributed by atoms with Crippen molar-refractivity contribution in [3.63, 3.8) is 0 Å². The molecule has 1 N–H and O–H groups in total. The van der Waals surface area contributed by atoms with Crippen LogP contribution in [0.25, 0.3) is 0 Å². The van der Waals surface area contributed by atoms with Gasteiger partial charge < -0.3 is 5.11 Å². The molecule has 2 aliphatic carbocycles. The Balaban J connectivity index is 1.78. The van der Waals surface area contributed by atoms with E-state index in [1.54, 1.807) is 0 Å². The zero-order valence-electron chi connectivity index (χ0n) is 12.8. The third-order valence-corrected chi connectivity index (χ3v) is 5.42. The van der Waals surface area contributed by atoms with E-state index in [2.05, 4.69) is 54.6 Å². The summed E-state index contributed by atoms with van der Waals surface area (Å²) in [7, 11) is 0. The lowest BCUT2D eigenvalue weighted by molar-refractivity contribution is 0.0639. The first-order chi connectivity index (χ1) is 10.8. The monoisotopic (exact) mass is 290 g/mol. The minimum absolute atomic E-state index is 0.137. The molecule has 22 heavy (non-hydrogen) atoms. The van der Waals surface area contributed by atoms with Crippen LogP contribution < -0.4 is 0 Å². The van der Waals surface area contributed by atoms with Crippen LogP contribution in [0.2, 0.25) is 0 Å². The zero-order valence-corrected chi connectivity index (χ0v) is 12.8. The van der Waals surface area contributed by atoms with Crippen molar-refractivity contribution >= 4 is 0 Å². The van der Waals surface area contributed by atoms with Gasteiger partial charge in [-0.1, -0.05) is 66.2 Å². The second-order valence-corrected chi connectivity index (χ2v) is 6.72. The molecule has 0 heterocycles. The number of fused-ring (bicyclic) bond motifs is 1. The third kappa shape index (κ3) is 2.12. The van der Waals surface area contributed by atoms with Gasteiger partial charge in [0.1, 0.15) is 0 Å². The number of benzene rings is 2. The van der Waals surface area contributed by atoms with Gasteiger partial charge in [-0.15, -0.1) is 0 Å². The topological polar surface area (TPSA) is 20.2 Å². The Labute approximate surface area is 132 Å². The number of aliphatic hydroxyl groups excluding tert-OH is 1. The second kappa shape index (κ2) is 5.40. The Morgan fingerprint density at radius 1 is 1.00 bits per heavy atom. The van der Waals surface area contributed by atoms with Gasteiger partial charge in [0.15, 0.2) is 0 Å². The average molecular weight is 290 g/mol. The van der Waals surface area contributed by atoms with E-state index >= 15 is 0 Å². The normalized spacial score (nSPS) is 26.8. The molecule has 0 spiro atoms. The fraction of sp³-hybridized carbons (Fsp3) is 0.333. The Bertz CT molecular complexity index is 701. The van der Waals surface area contributed by atoms with Crippen LogP contribution in [0, 0.1) is 5.41 Å². The van der Waals surface area contributed by atoms with Crippen molar-refractivity contribution in [1.82, 2.24) is 0 Å². The molecule has 0 radical (unpaired) electrons. The van der Waals surface area contributed by atoms with Crippen molar-refractivity contribution in [3.05, 3.63) is 82.9 Å². The van der Waals surface area contributed by atoms with E-state index < -0.39 is 0 Å². The quantitative estimate of drug-likeness (QED) is 0.818. The summed E-state index contributed by atoms with van der Waals surface area (Å²) in [4.78, 5) is 0. The van der Waals surface area contributed by atoms with Crippen LogP contribution in [0.3, 0.4) is 0 Å². The highest BCUT2D eigenvalue weighted by molar-refractivity contribution is 5.43. The molecular weight excluding hydrogens is 268 g/mol. The van der Waals surface area contributed by atoms with Crippen LogP contribution in [0.15, 0.2) is 66.2 Å². The Morgan fingerprint density at radius 2 is 1.77 bits per heavy atom. The summed E-state index contributed by atoms with van der Waals surface area (Å²) in [6.07, 6.45) is 7.42. The van der Waals surface area contributed by atoms with E-state index in [9.17, 15) is 5.11 Å². The Morgan fingerprint density at radius 3 is 2.50 bits per heavy atom. The molecule has 2 aliphatic rings. The van der Waals surface area contributed by atoms with Gasteiger partial charge in [-0.3, -0.25) is 0 Å². The van der Waals surface area contributed by atoms with Crippen LogP contribution in [0.5, 0.6) is 0 Å². The smallest absolute Gasteiger partial charge is 0.0892 e. The summed E-state index contributed by atoms with van der Waals surface area (Å²) in [5.41, 5.74) is 5.11. The Kier molecular flexibility index (Phi) is 3.38. The molecule has 2 unspecified atom stereocenters. The van der Waals surface area contributed by atoms with E-state index in [4.69, 9.17) is 0 Å². The van der Waals surface area contributed by atoms with Crippen LogP contribution in [-0.2, 0) is 12.8 Å². The molecule has 0 aliphatic heterocycles. The molecule has 4 rings (SSSR count). The van der Waals surface area contributed by atoms with Gasteiger partial charge in [-0.25, -0.2) is 0 Å². The molecule has 0 amide bonds. The van der Waals surface area contributed by atoms with Gasteiger partial charge in [-0.05, 0) is 48.8 Å². The molecule has 2 aromatic carbocycles. The molecule has 2 atom stereocenters. The molecule has 2 aromatic rings. The standard InChI is InChI=1S/C21H22O/c22-20-19-13-7-4-10-17(19)15-21(20,18-11-5-6-12-18)14-16-8-2-1-3-9-16/h1-4,7-11,13,20,22H,5-6,12,14-15H2. The lowest BCUT2D eigenvalue weighted by Crippen LogP contribution is -2.31. The number of hydrogen-bond donors (Lipinski definition) is 1. The van der Waals surface area contributed by atoms with E-state index in [1.807, 2.05) is 6.07 Å². The fourth-order valence-corrected chi connectivity index (χ4v) is 4.34. The van der Waals surface area contributed by atoms with Crippen molar-refractivity contribution in [3.8, 4) is 0 Å². The van der Waals surface area contributed by atoms with Crippen molar-refractivity contribution in [2.45, 2.75) is 38.2 Å². The molecule has 0 saturated carbocycles. The third-order valence-electron chi connectivity index (χ3n) is 5.42. The van der Waals surface area contributed by atoms with Crippen molar-refractivity contribution < 1.29 is 5.11 Å². The maximum Gasteiger partial charge on any atom is 0.0892 e. The molecule has 0 bridgehead atoms. The molecule has 1 heteroatoms. The van der Waals surface area contributed by atoms with Crippen LogP contribution in [0.1, 0.15) is 42.1 Å². The number of rotatable bonds is 3. The van der Waals surface area contributed by atoms with E-state index in [0.717, 1.165) is 31.2 Å². The van der Waals surface area contributed by atoms with Gasteiger partial charge >= 0.3 is 0 Å². The predicted molar refractivity (Wildman–Crippen MR) is 89.6 cm³/mol. The van der Waals surface area contributed by atoms with Crippen LogP contribution >= 0.6 is 0 Å². The maximum absolute atomic E-state index is 11.2. The van der Waals surface area contributed by atoms with Crippen LogP contribution in [-0.4, -0.2) is 5.11 Å². The Hall–Kier alpha value is -1.86. The van der Waals surface area contributed by atoms with Gasteiger partial charge in [0, 0.05) is 5.41 Å². The lowest BCUT2D eigenvalue weighted by atomic mass is 9.70.